The fourth-order valence-corrected chi connectivity index (χ4v) is 7.28. The van der Waals surface area contributed by atoms with E-state index in [-0.39, 0.29) is 29.3 Å². The molecule has 0 aromatic heterocycles. The lowest BCUT2D eigenvalue weighted by molar-refractivity contribution is -0.153. The lowest BCUT2D eigenvalue weighted by Gasteiger charge is -2.50. The third-order valence-corrected chi connectivity index (χ3v) is 9.08. The molecule has 4 atom stereocenters. The average Bonchev–Trinajstić information content (AvgIpc) is 3.26. The maximum atomic E-state index is 14.1. The largest absolute Gasteiger partial charge is 0.508 e. The Morgan fingerprint density at radius 2 is 1.64 bits per heavy atom. The highest BCUT2D eigenvalue weighted by Crippen LogP contribution is 2.55. The smallest absolute Gasteiger partial charge is 0.202 e. The van der Waals surface area contributed by atoms with E-state index in [0.717, 1.165) is 18.2 Å². The molecule has 0 unspecified atom stereocenters. The number of phenols is 1. The van der Waals surface area contributed by atoms with E-state index in [9.17, 15) is 34.8 Å². The van der Waals surface area contributed by atoms with Gasteiger partial charge in [0.15, 0.2) is 17.2 Å². The number of benzene rings is 1. The van der Waals surface area contributed by atoms with E-state index in [2.05, 4.69) is 18.7 Å². The molecule has 4 aliphatic rings. The summed E-state index contributed by atoms with van der Waals surface area (Å²) < 4.78 is 0. The predicted octanol–water partition coefficient (Wildman–Crippen LogP) is 1.86. The second-order valence-corrected chi connectivity index (χ2v) is 12.1. The highest BCUT2D eigenvalue weighted by Gasteiger charge is 2.64. The van der Waals surface area contributed by atoms with Crippen LogP contribution in [0, 0.1) is 11.8 Å². The van der Waals surface area contributed by atoms with Crippen molar-refractivity contribution in [1.29, 1.82) is 0 Å². The number of anilines is 1. The Labute approximate surface area is 227 Å². The number of aliphatic hydroxyl groups is 3. The van der Waals surface area contributed by atoms with E-state index >= 15 is 0 Å². The van der Waals surface area contributed by atoms with Crippen LogP contribution < -0.4 is 4.90 Å². The Hall–Kier alpha value is -3.21. The van der Waals surface area contributed by atoms with Gasteiger partial charge in [-0.2, -0.15) is 0 Å². The number of carbonyl (C=O) groups is 3. The van der Waals surface area contributed by atoms with Crippen molar-refractivity contribution in [3.05, 3.63) is 39.2 Å². The minimum absolute atomic E-state index is 0.0895. The quantitative estimate of drug-likeness (QED) is 0.419. The van der Waals surface area contributed by atoms with Gasteiger partial charge >= 0.3 is 0 Å². The summed E-state index contributed by atoms with van der Waals surface area (Å²) in [5.41, 5.74) is 0.160. The maximum absolute atomic E-state index is 14.1. The first-order chi connectivity index (χ1) is 18.1. The van der Waals surface area contributed by atoms with Crippen LogP contribution in [0.4, 0.5) is 5.69 Å². The Bertz CT molecular complexity index is 1390. The molecule has 1 aliphatic heterocycles. The number of aliphatic hydroxyl groups excluding tert-OH is 2. The molecule has 1 saturated carbocycles. The zero-order chi connectivity index (χ0) is 28.9. The monoisotopic (exact) mass is 539 g/mol. The molecule has 210 valence electrons. The van der Waals surface area contributed by atoms with Crippen molar-refractivity contribution < 1.29 is 34.8 Å². The molecule has 0 bridgehead atoms. The van der Waals surface area contributed by atoms with Crippen molar-refractivity contribution >= 4 is 28.8 Å². The number of rotatable bonds is 4. The summed E-state index contributed by atoms with van der Waals surface area (Å²) in [5.74, 6) is -5.43. The molecular formula is C29H37N3O7. The van der Waals surface area contributed by atoms with E-state index < -0.39 is 57.9 Å². The summed E-state index contributed by atoms with van der Waals surface area (Å²) >= 11 is 0. The molecule has 10 heteroatoms. The van der Waals surface area contributed by atoms with E-state index in [4.69, 9.17) is 0 Å². The Morgan fingerprint density at radius 3 is 2.18 bits per heavy atom. The van der Waals surface area contributed by atoms with Gasteiger partial charge in [-0.25, -0.2) is 0 Å². The zero-order valence-electron chi connectivity index (χ0n) is 23.5. The third-order valence-electron chi connectivity index (χ3n) is 9.08. The summed E-state index contributed by atoms with van der Waals surface area (Å²) in [4.78, 5) is 45.5. The molecule has 4 N–H and O–H groups in total. The standard InChI is InChI=1S/C29H37N3O7/c1-12(2)32-10-16-17(11-32)24(34)21-15(22(16)30(4)5)8-14-9-18-23(31(6)7)26(36)19(13(3)33)27(37)29(18,39)28(38)20(14)25(21)35/h12,14,18,23,34-35,37,39H,8-11H2,1-7H3/t14-,18-,23-,29+/m0/s1. The van der Waals surface area contributed by atoms with Gasteiger partial charge in [-0.05, 0) is 64.8 Å². The van der Waals surface area contributed by atoms with Crippen molar-refractivity contribution in [3.8, 4) is 5.75 Å². The van der Waals surface area contributed by atoms with Crippen LogP contribution in [0.15, 0.2) is 16.9 Å². The van der Waals surface area contributed by atoms with Crippen molar-refractivity contribution in [2.24, 2.45) is 11.8 Å². The van der Waals surface area contributed by atoms with Gasteiger partial charge in [-0.3, -0.25) is 24.2 Å². The summed E-state index contributed by atoms with van der Waals surface area (Å²) in [6, 6.07) is -0.803. The highest BCUT2D eigenvalue weighted by atomic mass is 16.3. The molecule has 0 amide bonds. The molecule has 0 saturated heterocycles. The molecule has 0 spiro atoms. The number of hydrogen-bond acceptors (Lipinski definition) is 10. The highest BCUT2D eigenvalue weighted by molar-refractivity contribution is 6.25. The van der Waals surface area contributed by atoms with Gasteiger partial charge in [0.25, 0.3) is 0 Å². The van der Waals surface area contributed by atoms with Gasteiger partial charge in [-0.15, -0.1) is 0 Å². The van der Waals surface area contributed by atoms with Crippen LogP contribution in [-0.2, 0) is 33.9 Å². The van der Waals surface area contributed by atoms with Crippen molar-refractivity contribution in [1.82, 2.24) is 9.80 Å². The second-order valence-electron chi connectivity index (χ2n) is 12.1. The van der Waals surface area contributed by atoms with Crippen LogP contribution in [0.3, 0.4) is 0 Å². The topological polar surface area (TPSA) is 142 Å². The maximum Gasteiger partial charge on any atom is 0.202 e. The van der Waals surface area contributed by atoms with Gasteiger partial charge in [-0.1, -0.05) is 0 Å². The number of hydrogen-bond donors (Lipinski definition) is 4. The van der Waals surface area contributed by atoms with Gasteiger partial charge in [0.1, 0.15) is 22.8 Å². The van der Waals surface area contributed by atoms with Gasteiger partial charge in [0.2, 0.25) is 5.78 Å². The van der Waals surface area contributed by atoms with E-state index in [1.807, 2.05) is 19.0 Å². The van der Waals surface area contributed by atoms with Crippen LogP contribution in [0.2, 0.25) is 0 Å². The number of ketones is 3. The fourth-order valence-electron chi connectivity index (χ4n) is 7.28. The predicted molar refractivity (Wildman–Crippen MR) is 144 cm³/mol. The fraction of sp³-hybridized carbons (Fsp3) is 0.552. The molecule has 1 aromatic rings. The molecule has 0 radical (unpaired) electrons. The van der Waals surface area contributed by atoms with E-state index in [0.29, 0.717) is 30.6 Å². The van der Waals surface area contributed by atoms with Crippen molar-refractivity contribution in [2.45, 2.75) is 64.4 Å². The summed E-state index contributed by atoms with van der Waals surface area (Å²) in [5, 5.41) is 46.0. The van der Waals surface area contributed by atoms with Crippen LogP contribution in [0.5, 0.6) is 5.75 Å². The molecule has 1 fully saturated rings. The number of likely N-dealkylation sites (N-methyl/N-ethyl adjacent to an activating group) is 1. The molecule has 1 aromatic carbocycles. The molecule has 5 rings (SSSR count). The summed E-state index contributed by atoms with van der Waals surface area (Å²) in [7, 11) is 7.05. The Kier molecular flexibility index (Phi) is 6.25. The number of carbonyl (C=O) groups excluding carboxylic acids is 3. The molecular weight excluding hydrogens is 502 g/mol. The molecule has 10 nitrogen and oxygen atoms in total. The lowest BCUT2D eigenvalue weighted by atomic mass is 9.57. The average molecular weight is 540 g/mol. The summed E-state index contributed by atoms with van der Waals surface area (Å²) in [6.07, 6.45) is 0.398. The van der Waals surface area contributed by atoms with Crippen LogP contribution in [-0.4, -0.2) is 93.5 Å². The second kappa shape index (κ2) is 8.90. The molecule has 1 heterocycles. The third kappa shape index (κ3) is 3.54. The molecule has 39 heavy (non-hydrogen) atoms. The van der Waals surface area contributed by atoms with Gasteiger partial charge in [0.05, 0.1) is 11.6 Å². The first-order valence-corrected chi connectivity index (χ1v) is 13.3. The number of Topliss-reactive ketones (excluding diaryl/α,β-unsaturated/α-hetero) is 3. The van der Waals surface area contributed by atoms with Crippen LogP contribution >= 0.6 is 0 Å². The number of nitrogens with zero attached hydrogens (tertiary/aromatic N) is 3. The number of phenolic OH excluding ortho intramolecular Hbond substituents is 1. The normalized spacial score (nSPS) is 28.6. The van der Waals surface area contributed by atoms with Crippen LogP contribution in [0.25, 0.3) is 5.76 Å². The number of aromatic hydroxyl groups is 1. The lowest BCUT2D eigenvalue weighted by Crippen LogP contribution is -2.65. The SMILES string of the molecule is CC(=O)C1=C(O)[C@@]2(O)C(=O)C3=C(O)c4c(O)c5c(c(N(C)C)c4C[C@H]3C[C@H]2[C@H](N(C)C)C1=O)CN(C(C)C)C5. The minimum Gasteiger partial charge on any atom is -0.508 e. The van der Waals surface area contributed by atoms with Crippen molar-refractivity contribution in [2.75, 3.05) is 33.1 Å². The van der Waals surface area contributed by atoms with Gasteiger partial charge in [0, 0.05) is 56.0 Å². The summed E-state index contributed by atoms with van der Waals surface area (Å²) in [6.45, 7) is 6.37. The Morgan fingerprint density at radius 1 is 1.03 bits per heavy atom. The molecule has 3 aliphatic carbocycles. The number of fused-ring (bicyclic) bond motifs is 4. The first kappa shape index (κ1) is 27.4. The van der Waals surface area contributed by atoms with E-state index in [1.165, 1.54) is 0 Å². The van der Waals surface area contributed by atoms with Crippen LogP contribution in [0.1, 0.15) is 49.4 Å². The van der Waals surface area contributed by atoms with Crippen molar-refractivity contribution in [3.63, 3.8) is 0 Å². The zero-order valence-corrected chi connectivity index (χ0v) is 23.5. The van der Waals surface area contributed by atoms with E-state index in [1.54, 1.807) is 19.0 Å². The first-order valence-electron chi connectivity index (χ1n) is 13.3. The van der Waals surface area contributed by atoms with Gasteiger partial charge < -0.3 is 25.3 Å². The Balaban J connectivity index is 1.76. The minimum atomic E-state index is -2.56.